The molecule has 5 heteroatoms. The third kappa shape index (κ3) is 5.00. The number of ether oxygens (including phenoxy) is 1. The molecule has 1 radical (unpaired) electrons. The summed E-state index contributed by atoms with van der Waals surface area (Å²) in [6.07, 6.45) is 0. The van der Waals surface area contributed by atoms with E-state index in [1.807, 2.05) is 18.2 Å². The number of phenols is 1. The van der Waals surface area contributed by atoms with Gasteiger partial charge in [-0.05, 0) is 54.3 Å². The van der Waals surface area contributed by atoms with E-state index in [0.717, 1.165) is 24.1 Å². The van der Waals surface area contributed by atoms with E-state index in [4.69, 9.17) is 15.6 Å². The first-order valence-corrected chi connectivity index (χ1v) is 9.36. The summed E-state index contributed by atoms with van der Waals surface area (Å²) in [5, 5.41) is 16.8. The topological polar surface area (TPSA) is 75.7 Å². The van der Waals surface area contributed by atoms with Gasteiger partial charge in [0.15, 0.2) is 0 Å². The molecule has 2 atom stereocenters. The van der Waals surface area contributed by atoms with Crippen molar-refractivity contribution in [1.82, 2.24) is 0 Å². The number of hydrogen-bond donors (Lipinski definition) is 3. The van der Waals surface area contributed by atoms with E-state index < -0.39 is 0 Å². The van der Waals surface area contributed by atoms with Crippen LogP contribution in [0.25, 0.3) is 0 Å². The maximum atomic E-state index is 9.83. The van der Waals surface area contributed by atoms with Gasteiger partial charge in [-0.2, -0.15) is 0 Å². The van der Waals surface area contributed by atoms with E-state index in [1.54, 1.807) is 12.1 Å². The Morgan fingerprint density at radius 1 is 0.862 bits per heavy atom. The van der Waals surface area contributed by atoms with Crippen LogP contribution in [0.4, 0.5) is 5.69 Å². The van der Waals surface area contributed by atoms with Crippen molar-refractivity contribution in [1.29, 1.82) is 0 Å². The number of aliphatic hydroxyl groups is 1. The molecule has 29 heavy (non-hydrogen) atoms. The van der Waals surface area contributed by atoms with Crippen LogP contribution in [0, 0.1) is 13.8 Å². The van der Waals surface area contributed by atoms with Crippen molar-refractivity contribution < 1.29 is 47.7 Å². The summed E-state index contributed by atoms with van der Waals surface area (Å²) in [5.41, 5.74) is 12.8. The molecule has 149 valence electrons. The van der Waals surface area contributed by atoms with Gasteiger partial charge in [0, 0.05) is 69.0 Å². The summed E-state index contributed by atoms with van der Waals surface area (Å²) in [7, 11) is 1.00. The zero-order valence-corrected chi connectivity index (χ0v) is 19.9. The van der Waals surface area contributed by atoms with Crippen molar-refractivity contribution in [2.24, 2.45) is 0 Å². The summed E-state index contributed by atoms with van der Waals surface area (Å²) in [4.78, 5) is 0. The summed E-state index contributed by atoms with van der Waals surface area (Å²) in [5.74, 6) is 1.34. The Balaban J connectivity index is 0.000000970. The molecule has 4 N–H and O–H groups in total. The van der Waals surface area contributed by atoms with E-state index >= 15 is 0 Å². The fourth-order valence-electron chi connectivity index (χ4n) is 3.80. The third-order valence-corrected chi connectivity index (χ3v) is 5.41. The molecular weight excluding hydrogens is 439 g/mol. The monoisotopic (exact) mass is 466 g/mol. The summed E-state index contributed by atoms with van der Waals surface area (Å²) in [6, 6.07) is 20.1. The predicted octanol–water partition coefficient (Wildman–Crippen LogP) is 4.51. The number of benzene rings is 3. The standard InChI is InChI=1S/C23H23NO2.CH4O.Y/c1-14-3-4-17(11-15(14)2)21-13-26-22-12-19(25)9-10-20(22)23(21)16-5-7-18(24)8-6-16;1-2;/h3-12,21,23,25H,13,24H2,1-2H3;2H,1H3;. The molecule has 1 heterocycles. The number of nitrogen functional groups attached to an aromatic ring is 1. The van der Waals surface area contributed by atoms with Gasteiger partial charge < -0.3 is 20.7 Å². The molecule has 0 fully saturated rings. The van der Waals surface area contributed by atoms with Gasteiger partial charge in [-0.3, -0.25) is 0 Å². The quantitative estimate of drug-likeness (QED) is 0.486. The van der Waals surface area contributed by atoms with E-state index in [2.05, 4.69) is 44.2 Å². The molecule has 1 aliphatic rings. The molecule has 0 saturated heterocycles. The maximum Gasteiger partial charge on any atom is 0.126 e. The maximum absolute atomic E-state index is 9.83. The van der Waals surface area contributed by atoms with Crippen LogP contribution in [0.3, 0.4) is 0 Å². The predicted molar refractivity (Wildman–Crippen MR) is 113 cm³/mol. The molecule has 0 bridgehead atoms. The largest absolute Gasteiger partial charge is 0.508 e. The third-order valence-electron chi connectivity index (χ3n) is 5.41. The molecule has 2 unspecified atom stereocenters. The smallest absolute Gasteiger partial charge is 0.126 e. The minimum absolute atomic E-state index is 0. The number of nitrogens with two attached hydrogens (primary N) is 1. The average molecular weight is 466 g/mol. The van der Waals surface area contributed by atoms with Crippen LogP contribution in [-0.4, -0.2) is 23.9 Å². The second-order valence-corrected chi connectivity index (χ2v) is 7.13. The summed E-state index contributed by atoms with van der Waals surface area (Å²) < 4.78 is 6.03. The summed E-state index contributed by atoms with van der Waals surface area (Å²) >= 11 is 0. The fraction of sp³-hybridized carbons (Fsp3) is 0.250. The molecule has 0 aromatic heterocycles. The van der Waals surface area contributed by atoms with Gasteiger partial charge in [0.05, 0.1) is 6.61 Å². The van der Waals surface area contributed by atoms with Crippen molar-refractivity contribution in [3.63, 3.8) is 0 Å². The number of rotatable bonds is 2. The molecule has 0 spiro atoms. The van der Waals surface area contributed by atoms with Crippen LogP contribution in [0.15, 0.2) is 60.7 Å². The van der Waals surface area contributed by atoms with Gasteiger partial charge in [0.2, 0.25) is 0 Å². The van der Waals surface area contributed by atoms with Crippen LogP contribution in [0.2, 0.25) is 0 Å². The van der Waals surface area contributed by atoms with E-state index in [-0.39, 0.29) is 50.3 Å². The number of aryl methyl sites for hydroxylation is 2. The SMILES string of the molecule is CO.Cc1ccc(C2COc3cc(O)ccc3C2c2ccc(N)cc2)cc1C.[Y]. The van der Waals surface area contributed by atoms with Gasteiger partial charge in [0.1, 0.15) is 11.5 Å². The van der Waals surface area contributed by atoms with E-state index in [9.17, 15) is 5.11 Å². The first-order valence-electron chi connectivity index (χ1n) is 9.36. The number of fused-ring (bicyclic) bond motifs is 1. The first kappa shape index (κ1) is 23.4. The van der Waals surface area contributed by atoms with Crippen molar-refractivity contribution in [3.8, 4) is 11.5 Å². The van der Waals surface area contributed by atoms with E-state index in [0.29, 0.717) is 6.61 Å². The second-order valence-electron chi connectivity index (χ2n) is 7.13. The number of aliphatic hydroxyl groups excluding tert-OH is 1. The minimum Gasteiger partial charge on any atom is -0.508 e. The zero-order chi connectivity index (χ0) is 20.3. The first-order chi connectivity index (χ1) is 13.5. The van der Waals surface area contributed by atoms with Crippen molar-refractivity contribution in [3.05, 3.63) is 88.5 Å². The van der Waals surface area contributed by atoms with Gasteiger partial charge in [-0.1, -0.05) is 36.4 Å². The molecule has 3 aromatic rings. The Morgan fingerprint density at radius 3 is 2.17 bits per heavy atom. The average Bonchev–Trinajstić information content (AvgIpc) is 2.71. The Kier molecular flexibility index (Phi) is 8.27. The normalized spacial score (nSPS) is 17.1. The molecule has 1 aliphatic heterocycles. The minimum atomic E-state index is 0. The number of anilines is 1. The van der Waals surface area contributed by atoms with Gasteiger partial charge in [-0.25, -0.2) is 0 Å². The molecule has 3 aromatic carbocycles. The molecular formula is C24H27NO3Y. The van der Waals surface area contributed by atoms with Crippen molar-refractivity contribution in [2.45, 2.75) is 25.7 Å². The molecule has 0 saturated carbocycles. The van der Waals surface area contributed by atoms with E-state index in [1.165, 1.54) is 22.3 Å². The fourth-order valence-corrected chi connectivity index (χ4v) is 3.80. The van der Waals surface area contributed by atoms with Crippen molar-refractivity contribution >= 4 is 5.69 Å². The van der Waals surface area contributed by atoms with Crippen LogP contribution >= 0.6 is 0 Å². The van der Waals surface area contributed by atoms with Crippen molar-refractivity contribution in [2.75, 3.05) is 19.5 Å². The molecule has 0 amide bonds. The van der Waals surface area contributed by atoms with Gasteiger partial charge in [0.25, 0.3) is 0 Å². The Hall–Kier alpha value is -1.88. The van der Waals surface area contributed by atoms with Crippen LogP contribution < -0.4 is 10.5 Å². The van der Waals surface area contributed by atoms with Crippen LogP contribution in [0.1, 0.15) is 39.7 Å². The number of hydrogen-bond acceptors (Lipinski definition) is 4. The Labute approximate surface area is 197 Å². The van der Waals surface area contributed by atoms with Crippen LogP contribution in [0.5, 0.6) is 11.5 Å². The van der Waals surface area contributed by atoms with Gasteiger partial charge >= 0.3 is 0 Å². The Bertz CT molecular complexity index is 957. The summed E-state index contributed by atoms with van der Waals surface area (Å²) in [6.45, 7) is 4.85. The molecule has 4 rings (SSSR count). The molecule has 0 aliphatic carbocycles. The Morgan fingerprint density at radius 2 is 1.52 bits per heavy atom. The van der Waals surface area contributed by atoms with Gasteiger partial charge in [-0.15, -0.1) is 0 Å². The zero-order valence-electron chi connectivity index (χ0n) is 17.1. The number of aromatic hydroxyl groups is 1. The number of phenolic OH excluding ortho intramolecular Hbond substituents is 1. The molecule has 4 nitrogen and oxygen atoms in total. The second kappa shape index (κ2) is 10.2. The van der Waals surface area contributed by atoms with Crippen LogP contribution in [-0.2, 0) is 32.7 Å².